The van der Waals surface area contributed by atoms with Crippen molar-refractivity contribution in [1.29, 1.82) is 0 Å². The fraction of sp³-hybridized carbons (Fsp3) is 0.500. The Morgan fingerprint density at radius 2 is 2.29 bits per heavy atom. The second-order valence-corrected chi connectivity index (χ2v) is 3.81. The highest BCUT2D eigenvalue weighted by molar-refractivity contribution is 5.42. The largest absolute Gasteiger partial charge is 0.496 e. The lowest BCUT2D eigenvalue weighted by molar-refractivity contribution is 0.408. The van der Waals surface area contributed by atoms with Gasteiger partial charge in [-0.25, -0.2) is 0 Å². The highest BCUT2D eigenvalue weighted by Gasteiger charge is 2.16. The van der Waals surface area contributed by atoms with Crippen LogP contribution in [0.25, 0.3) is 0 Å². The molecule has 2 nitrogen and oxygen atoms in total. The predicted molar refractivity (Wildman–Crippen MR) is 57.7 cm³/mol. The van der Waals surface area contributed by atoms with Gasteiger partial charge in [-0.15, -0.1) is 0 Å². The first-order chi connectivity index (χ1) is 6.83. The van der Waals surface area contributed by atoms with E-state index in [1.54, 1.807) is 7.11 Å². The molecule has 2 heteroatoms. The lowest BCUT2D eigenvalue weighted by atomic mass is 9.99. The molecule has 1 N–H and O–H groups in total. The van der Waals surface area contributed by atoms with Crippen LogP contribution in [0.1, 0.15) is 30.5 Å². The van der Waals surface area contributed by atoms with Crippen LogP contribution in [-0.4, -0.2) is 13.7 Å². The molecule has 1 aliphatic heterocycles. The van der Waals surface area contributed by atoms with Crippen molar-refractivity contribution in [2.45, 2.75) is 25.8 Å². The van der Waals surface area contributed by atoms with E-state index >= 15 is 0 Å². The molecular weight excluding hydrogens is 174 g/mol. The van der Waals surface area contributed by atoms with Crippen LogP contribution < -0.4 is 10.1 Å². The van der Waals surface area contributed by atoms with Crippen molar-refractivity contribution < 1.29 is 4.74 Å². The zero-order valence-corrected chi connectivity index (χ0v) is 8.84. The monoisotopic (exact) mass is 191 g/mol. The number of ether oxygens (including phenoxy) is 1. The predicted octanol–water partition coefficient (Wildman–Crippen LogP) is 2.29. The Bertz CT molecular complexity index is 322. The molecule has 1 unspecified atom stereocenters. The minimum atomic E-state index is 0.447. The smallest absolute Gasteiger partial charge is 0.122 e. The number of methoxy groups -OCH3 is 1. The van der Waals surface area contributed by atoms with Crippen LogP contribution in [0.2, 0.25) is 0 Å². The fourth-order valence-corrected chi connectivity index (χ4v) is 2.14. The third-order valence-electron chi connectivity index (χ3n) is 2.91. The van der Waals surface area contributed by atoms with Crippen LogP contribution in [-0.2, 0) is 6.42 Å². The van der Waals surface area contributed by atoms with Crippen LogP contribution in [0.5, 0.6) is 5.75 Å². The average molecular weight is 191 g/mol. The minimum Gasteiger partial charge on any atom is -0.496 e. The highest BCUT2D eigenvalue weighted by Crippen LogP contribution is 2.29. The Kier molecular flexibility index (Phi) is 2.73. The molecule has 14 heavy (non-hydrogen) atoms. The van der Waals surface area contributed by atoms with E-state index in [2.05, 4.69) is 30.4 Å². The van der Waals surface area contributed by atoms with Crippen LogP contribution in [0, 0.1) is 0 Å². The Morgan fingerprint density at radius 1 is 1.43 bits per heavy atom. The van der Waals surface area contributed by atoms with E-state index in [9.17, 15) is 0 Å². The third-order valence-corrected chi connectivity index (χ3v) is 2.91. The zero-order valence-electron chi connectivity index (χ0n) is 8.84. The topological polar surface area (TPSA) is 21.3 Å². The van der Waals surface area contributed by atoms with Gasteiger partial charge in [-0.2, -0.15) is 0 Å². The summed E-state index contributed by atoms with van der Waals surface area (Å²) in [7, 11) is 1.75. The van der Waals surface area contributed by atoms with Crippen LogP contribution in [0.3, 0.4) is 0 Å². The van der Waals surface area contributed by atoms with E-state index in [-0.39, 0.29) is 0 Å². The molecule has 0 amide bonds. The Morgan fingerprint density at radius 3 is 3.07 bits per heavy atom. The quantitative estimate of drug-likeness (QED) is 0.735. The molecule has 0 saturated carbocycles. The van der Waals surface area contributed by atoms with Crippen molar-refractivity contribution in [2.24, 2.45) is 0 Å². The maximum absolute atomic E-state index is 5.39. The Balaban J connectivity index is 2.46. The van der Waals surface area contributed by atoms with E-state index in [0.717, 1.165) is 18.7 Å². The average Bonchev–Trinajstić information content (AvgIpc) is 2.41. The van der Waals surface area contributed by atoms with Crippen LogP contribution in [0.4, 0.5) is 0 Å². The summed E-state index contributed by atoms with van der Waals surface area (Å²) in [5.74, 6) is 1.04. The number of hydrogen-bond donors (Lipinski definition) is 1. The lowest BCUT2D eigenvalue weighted by Gasteiger charge is -2.15. The maximum Gasteiger partial charge on any atom is 0.122 e. The van der Waals surface area contributed by atoms with E-state index in [1.165, 1.54) is 17.5 Å². The molecule has 1 heterocycles. The molecule has 1 atom stereocenters. The van der Waals surface area contributed by atoms with Gasteiger partial charge >= 0.3 is 0 Å². The van der Waals surface area contributed by atoms with Crippen LogP contribution in [0.15, 0.2) is 18.2 Å². The first kappa shape index (κ1) is 9.53. The zero-order chi connectivity index (χ0) is 9.97. The van der Waals surface area contributed by atoms with Crippen molar-refractivity contribution in [3.63, 3.8) is 0 Å². The molecule has 0 saturated heterocycles. The van der Waals surface area contributed by atoms with Gasteiger partial charge < -0.3 is 10.1 Å². The first-order valence-corrected chi connectivity index (χ1v) is 5.22. The molecule has 1 aromatic rings. The summed E-state index contributed by atoms with van der Waals surface area (Å²) in [5.41, 5.74) is 2.77. The summed E-state index contributed by atoms with van der Waals surface area (Å²) in [6.07, 6.45) is 2.31. The van der Waals surface area contributed by atoms with Gasteiger partial charge in [-0.3, -0.25) is 0 Å². The van der Waals surface area contributed by atoms with Crippen molar-refractivity contribution in [3.05, 3.63) is 29.3 Å². The first-order valence-electron chi connectivity index (χ1n) is 5.22. The summed E-state index contributed by atoms with van der Waals surface area (Å²) >= 11 is 0. The fourth-order valence-electron chi connectivity index (χ4n) is 2.14. The van der Waals surface area contributed by atoms with E-state index in [1.807, 2.05) is 0 Å². The summed E-state index contributed by atoms with van der Waals surface area (Å²) in [6, 6.07) is 6.77. The minimum absolute atomic E-state index is 0.447. The van der Waals surface area contributed by atoms with Crippen LogP contribution >= 0.6 is 0 Å². The van der Waals surface area contributed by atoms with Crippen molar-refractivity contribution in [2.75, 3.05) is 13.7 Å². The molecule has 0 radical (unpaired) electrons. The normalized spacial score (nSPS) is 21.1. The van der Waals surface area contributed by atoms with Gasteiger partial charge in [0.15, 0.2) is 0 Å². The second kappa shape index (κ2) is 4.01. The maximum atomic E-state index is 5.39. The lowest BCUT2D eigenvalue weighted by Crippen LogP contribution is -2.17. The van der Waals surface area contributed by atoms with Gasteiger partial charge in [-0.1, -0.05) is 12.1 Å². The van der Waals surface area contributed by atoms with Crippen molar-refractivity contribution >= 4 is 0 Å². The molecule has 2 rings (SSSR count). The SMILES string of the molecule is COc1cccc2c1CCCNC2C. The van der Waals surface area contributed by atoms with E-state index < -0.39 is 0 Å². The van der Waals surface area contributed by atoms with E-state index in [0.29, 0.717) is 6.04 Å². The number of benzene rings is 1. The number of hydrogen-bond acceptors (Lipinski definition) is 2. The highest BCUT2D eigenvalue weighted by atomic mass is 16.5. The molecule has 0 bridgehead atoms. The molecule has 0 fully saturated rings. The van der Waals surface area contributed by atoms with Gasteiger partial charge in [0.2, 0.25) is 0 Å². The molecule has 0 aliphatic carbocycles. The standard InChI is InChI=1S/C12H17NO/c1-9-10-5-3-7-12(14-2)11(10)6-4-8-13-9/h3,5,7,9,13H,4,6,8H2,1-2H3. The molecule has 0 spiro atoms. The molecule has 1 aliphatic rings. The number of nitrogens with one attached hydrogen (secondary N) is 1. The van der Waals surface area contributed by atoms with Crippen molar-refractivity contribution in [1.82, 2.24) is 5.32 Å². The van der Waals surface area contributed by atoms with Gasteiger partial charge in [0, 0.05) is 6.04 Å². The summed E-state index contributed by atoms with van der Waals surface area (Å²) in [5, 5.41) is 3.50. The number of rotatable bonds is 1. The third kappa shape index (κ3) is 1.62. The summed E-state index contributed by atoms with van der Waals surface area (Å²) in [4.78, 5) is 0. The molecule has 0 aromatic heterocycles. The van der Waals surface area contributed by atoms with Crippen molar-refractivity contribution in [3.8, 4) is 5.75 Å². The Hall–Kier alpha value is -1.02. The Labute approximate surface area is 85.3 Å². The van der Waals surface area contributed by atoms with Gasteiger partial charge in [-0.05, 0) is 43.5 Å². The number of fused-ring (bicyclic) bond motifs is 1. The second-order valence-electron chi connectivity index (χ2n) is 3.81. The van der Waals surface area contributed by atoms with Gasteiger partial charge in [0.1, 0.15) is 5.75 Å². The van der Waals surface area contributed by atoms with E-state index in [4.69, 9.17) is 4.74 Å². The van der Waals surface area contributed by atoms with Gasteiger partial charge in [0.25, 0.3) is 0 Å². The summed E-state index contributed by atoms with van der Waals surface area (Å²) < 4.78 is 5.39. The summed E-state index contributed by atoms with van der Waals surface area (Å²) in [6.45, 7) is 3.31. The molecule has 76 valence electrons. The van der Waals surface area contributed by atoms with Gasteiger partial charge in [0.05, 0.1) is 7.11 Å². The molecular formula is C12H17NO. The molecule has 1 aromatic carbocycles.